The SMILES string of the molecule is CCN(C(=O)CN1CCCC1(C)C(=O)O)C1=CCCC1. The Morgan fingerprint density at radius 3 is 2.75 bits per heavy atom. The van der Waals surface area contributed by atoms with Gasteiger partial charge < -0.3 is 10.0 Å². The van der Waals surface area contributed by atoms with Gasteiger partial charge in [-0.15, -0.1) is 0 Å². The Morgan fingerprint density at radius 2 is 2.20 bits per heavy atom. The fourth-order valence-corrected chi connectivity index (χ4v) is 3.20. The van der Waals surface area contributed by atoms with Crippen LogP contribution in [0.2, 0.25) is 0 Å². The molecule has 1 amide bonds. The van der Waals surface area contributed by atoms with Gasteiger partial charge in [0.15, 0.2) is 0 Å². The van der Waals surface area contributed by atoms with E-state index in [0.717, 1.165) is 31.4 Å². The van der Waals surface area contributed by atoms with Gasteiger partial charge >= 0.3 is 5.97 Å². The zero-order valence-corrected chi connectivity index (χ0v) is 12.4. The van der Waals surface area contributed by atoms with Gasteiger partial charge in [-0.2, -0.15) is 0 Å². The third-order valence-electron chi connectivity index (χ3n) is 4.56. The van der Waals surface area contributed by atoms with Crippen LogP contribution < -0.4 is 0 Å². The lowest BCUT2D eigenvalue weighted by Crippen LogP contribution is -2.51. The number of rotatable bonds is 5. The highest BCUT2D eigenvalue weighted by Gasteiger charge is 2.44. The number of likely N-dealkylation sites (tertiary alicyclic amines) is 1. The molecule has 2 aliphatic rings. The molecule has 0 bridgehead atoms. The second kappa shape index (κ2) is 5.95. The number of carboxylic acid groups (broad SMARTS) is 1. The van der Waals surface area contributed by atoms with Gasteiger partial charge in [0.1, 0.15) is 5.54 Å². The Morgan fingerprint density at radius 1 is 1.45 bits per heavy atom. The first-order valence-corrected chi connectivity index (χ1v) is 7.47. The van der Waals surface area contributed by atoms with E-state index in [2.05, 4.69) is 6.08 Å². The van der Waals surface area contributed by atoms with E-state index in [4.69, 9.17) is 0 Å². The van der Waals surface area contributed by atoms with E-state index in [1.165, 1.54) is 0 Å². The van der Waals surface area contributed by atoms with E-state index in [0.29, 0.717) is 19.5 Å². The minimum Gasteiger partial charge on any atom is -0.480 e. The first kappa shape index (κ1) is 15.0. The quantitative estimate of drug-likeness (QED) is 0.835. The number of hydrogen-bond donors (Lipinski definition) is 1. The molecule has 0 radical (unpaired) electrons. The molecule has 5 nitrogen and oxygen atoms in total. The van der Waals surface area contributed by atoms with Crippen LogP contribution in [0.4, 0.5) is 0 Å². The van der Waals surface area contributed by atoms with Crippen LogP contribution in [0.25, 0.3) is 0 Å². The van der Waals surface area contributed by atoms with Crippen molar-refractivity contribution in [1.82, 2.24) is 9.80 Å². The molecule has 0 spiro atoms. The van der Waals surface area contributed by atoms with Crippen LogP contribution in [0, 0.1) is 0 Å². The largest absolute Gasteiger partial charge is 0.480 e. The van der Waals surface area contributed by atoms with Crippen molar-refractivity contribution in [2.24, 2.45) is 0 Å². The highest BCUT2D eigenvalue weighted by molar-refractivity contribution is 5.83. The number of carboxylic acids is 1. The fraction of sp³-hybridized carbons (Fsp3) is 0.733. The third kappa shape index (κ3) is 2.73. The first-order valence-electron chi connectivity index (χ1n) is 7.47. The molecule has 1 N–H and O–H groups in total. The van der Waals surface area contributed by atoms with E-state index in [-0.39, 0.29) is 12.5 Å². The van der Waals surface area contributed by atoms with Crippen LogP contribution in [0.3, 0.4) is 0 Å². The Balaban J connectivity index is 2.04. The summed E-state index contributed by atoms with van der Waals surface area (Å²) in [6.07, 6.45) is 6.68. The molecule has 0 aromatic rings. The Hall–Kier alpha value is -1.36. The molecule has 20 heavy (non-hydrogen) atoms. The molecule has 2 rings (SSSR count). The molecule has 0 saturated carbocycles. The first-order chi connectivity index (χ1) is 9.49. The summed E-state index contributed by atoms with van der Waals surface area (Å²) in [5.41, 5.74) is 0.216. The average molecular weight is 280 g/mol. The van der Waals surface area contributed by atoms with E-state index in [1.54, 1.807) is 6.92 Å². The molecular formula is C15H24N2O3. The maximum atomic E-state index is 12.5. The van der Waals surface area contributed by atoms with Crippen LogP contribution in [0.1, 0.15) is 46.0 Å². The molecule has 1 aliphatic heterocycles. The maximum Gasteiger partial charge on any atom is 0.323 e. The van der Waals surface area contributed by atoms with Gasteiger partial charge in [0.25, 0.3) is 0 Å². The van der Waals surface area contributed by atoms with Crippen LogP contribution in [0.5, 0.6) is 0 Å². The summed E-state index contributed by atoms with van der Waals surface area (Å²) in [4.78, 5) is 27.5. The van der Waals surface area contributed by atoms with E-state index in [1.807, 2.05) is 16.7 Å². The molecule has 1 heterocycles. The summed E-state index contributed by atoms with van der Waals surface area (Å²) in [5.74, 6) is -0.805. The smallest absolute Gasteiger partial charge is 0.323 e. The zero-order chi connectivity index (χ0) is 14.8. The molecule has 1 aliphatic carbocycles. The van der Waals surface area contributed by atoms with Crippen LogP contribution in [0.15, 0.2) is 11.8 Å². The van der Waals surface area contributed by atoms with Crippen molar-refractivity contribution in [3.63, 3.8) is 0 Å². The van der Waals surface area contributed by atoms with E-state index >= 15 is 0 Å². The fourth-order valence-electron chi connectivity index (χ4n) is 3.20. The van der Waals surface area contributed by atoms with Gasteiger partial charge in [-0.25, -0.2) is 0 Å². The molecule has 112 valence electrons. The van der Waals surface area contributed by atoms with Gasteiger partial charge in [-0.3, -0.25) is 14.5 Å². The summed E-state index contributed by atoms with van der Waals surface area (Å²) >= 11 is 0. The maximum absolute atomic E-state index is 12.5. The molecule has 1 atom stereocenters. The van der Waals surface area contributed by atoms with Crippen molar-refractivity contribution in [2.75, 3.05) is 19.6 Å². The lowest BCUT2D eigenvalue weighted by Gasteiger charge is -2.32. The summed E-state index contributed by atoms with van der Waals surface area (Å²) in [5, 5.41) is 9.39. The van der Waals surface area contributed by atoms with E-state index < -0.39 is 11.5 Å². The molecule has 1 fully saturated rings. The van der Waals surface area contributed by atoms with Crippen molar-refractivity contribution < 1.29 is 14.7 Å². The number of amides is 1. The molecular weight excluding hydrogens is 256 g/mol. The van der Waals surface area contributed by atoms with Crippen molar-refractivity contribution in [2.45, 2.75) is 51.5 Å². The monoisotopic (exact) mass is 280 g/mol. The minimum absolute atomic E-state index is 0.0232. The van der Waals surface area contributed by atoms with Crippen molar-refractivity contribution >= 4 is 11.9 Å². The van der Waals surface area contributed by atoms with E-state index in [9.17, 15) is 14.7 Å². The topological polar surface area (TPSA) is 60.9 Å². The number of aliphatic carboxylic acids is 1. The molecule has 5 heteroatoms. The highest BCUT2D eigenvalue weighted by Crippen LogP contribution is 2.29. The lowest BCUT2D eigenvalue weighted by atomic mass is 9.99. The lowest BCUT2D eigenvalue weighted by molar-refractivity contribution is -0.149. The van der Waals surface area contributed by atoms with Gasteiger partial charge in [0.2, 0.25) is 5.91 Å². The van der Waals surface area contributed by atoms with Crippen molar-refractivity contribution in [3.05, 3.63) is 11.8 Å². The normalized spacial score (nSPS) is 26.6. The number of nitrogens with zero attached hydrogens (tertiary/aromatic N) is 2. The molecule has 1 unspecified atom stereocenters. The summed E-state index contributed by atoms with van der Waals surface area (Å²) in [7, 11) is 0. The summed E-state index contributed by atoms with van der Waals surface area (Å²) in [6.45, 7) is 5.24. The van der Waals surface area contributed by atoms with Crippen molar-refractivity contribution in [1.29, 1.82) is 0 Å². The zero-order valence-electron chi connectivity index (χ0n) is 12.4. The minimum atomic E-state index is -0.890. The number of carbonyl (C=O) groups is 2. The Labute approximate surface area is 120 Å². The average Bonchev–Trinajstić information content (AvgIpc) is 3.02. The second-order valence-corrected chi connectivity index (χ2v) is 5.83. The summed E-state index contributed by atoms with van der Waals surface area (Å²) < 4.78 is 0. The molecule has 0 aromatic heterocycles. The van der Waals surface area contributed by atoms with Crippen molar-refractivity contribution in [3.8, 4) is 0 Å². The predicted molar refractivity (Wildman–Crippen MR) is 76.2 cm³/mol. The number of likely N-dealkylation sites (N-methyl/N-ethyl adjacent to an activating group) is 1. The molecule has 0 aromatic carbocycles. The number of carbonyl (C=O) groups excluding carboxylic acids is 1. The van der Waals surface area contributed by atoms with Gasteiger partial charge in [-0.05, 0) is 52.5 Å². The third-order valence-corrected chi connectivity index (χ3v) is 4.56. The second-order valence-electron chi connectivity index (χ2n) is 5.83. The number of allylic oxidation sites excluding steroid dienone is 2. The number of hydrogen-bond acceptors (Lipinski definition) is 3. The van der Waals surface area contributed by atoms with Gasteiger partial charge in [0.05, 0.1) is 6.54 Å². The Bertz CT molecular complexity index is 433. The predicted octanol–water partition coefficient (Wildman–Crippen LogP) is 1.84. The van der Waals surface area contributed by atoms with Gasteiger partial charge in [0, 0.05) is 12.2 Å². The van der Waals surface area contributed by atoms with Crippen LogP contribution in [-0.2, 0) is 9.59 Å². The highest BCUT2D eigenvalue weighted by atomic mass is 16.4. The molecule has 1 saturated heterocycles. The van der Waals surface area contributed by atoms with Crippen LogP contribution in [-0.4, -0.2) is 52.0 Å². The van der Waals surface area contributed by atoms with Gasteiger partial charge in [-0.1, -0.05) is 6.08 Å². The standard InChI is InChI=1S/C15H24N2O3/c1-3-17(12-7-4-5-8-12)13(18)11-16-10-6-9-15(16,2)14(19)20/h7H,3-6,8-11H2,1-2H3,(H,19,20). The Kier molecular flexibility index (Phi) is 4.48. The summed E-state index contributed by atoms with van der Waals surface area (Å²) in [6, 6.07) is 0. The van der Waals surface area contributed by atoms with Crippen LogP contribution >= 0.6 is 0 Å².